The van der Waals surface area contributed by atoms with Crippen molar-refractivity contribution in [1.29, 1.82) is 0 Å². The number of nitrogens with zero attached hydrogens (tertiary/aromatic N) is 2. The van der Waals surface area contributed by atoms with Gasteiger partial charge in [-0.3, -0.25) is 0 Å². The van der Waals surface area contributed by atoms with Gasteiger partial charge in [-0.2, -0.15) is 0 Å². The van der Waals surface area contributed by atoms with Crippen LogP contribution in [0.4, 0.5) is 15.8 Å². The molecule has 0 saturated carbocycles. The second-order valence-corrected chi connectivity index (χ2v) is 7.33. The van der Waals surface area contributed by atoms with E-state index in [-0.39, 0.29) is 4.90 Å². The molecule has 1 saturated heterocycles. The van der Waals surface area contributed by atoms with Crippen LogP contribution in [-0.2, 0) is 9.84 Å². The van der Waals surface area contributed by atoms with Crippen LogP contribution in [0, 0.1) is 5.82 Å². The maximum Gasteiger partial charge on any atom is 0.203 e. The third-order valence-corrected chi connectivity index (χ3v) is 5.48. The summed E-state index contributed by atoms with van der Waals surface area (Å²) in [5, 5.41) is 4.14. The van der Waals surface area contributed by atoms with Gasteiger partial charge >= 0.3 is 0 Å². The van der Waals surface area contributed by atoms with Crippen molar-refractivity contribution in [2.45, 2.75) is 11.8 Å². The van der Waals surface area contributed by atoms with Gasteiger partial charge in [-0.05, 0) is 26.1 Å². The van der Waals surface area contributed by atoms with E-state index >= 15 is 0 Å². The molecule has 0 spiro atoms. The molecule has 1 aromatic rings. The van der Waals surface area contributed by atoms with Crippen LogP contribution in [0.2, 0.25) is 0 Å². The maximum atomic E-state index is 14.3. The molecule has 3 rings (SSSR count). The molecule has 2 aliphatic heterocycles. The van der Waals surface area contributed by atoms with Crippen molar-refractivity contribution in [3.63, 3.8) is 0 Å². The summed E-state index contributed by atoms with van der Waals surface area (Å²) in [6, 6.07) is 2.72. The van der Waals surface area contributed by atoms with E-state index in [2.05, 4.69) is 10.2 Å². The molecule has 2 aliphatic rings. The first kappa shape index (κ1) is 14.3. The smallest absolute Gasteiger partial charge is 0.203 e. The summed E-state index contributed by atoms with van der Waals surface area (Å²) in [6.45, 7) is 4.86. The maximum absolute atomic E-state index is 14.3. The predicted molar refractivity (Wildman–Crippen MR) is 80.7 cm³/mol. The first-order chi connectivity index (χ1) is 9.87. The summed E-state index contributed by atoms with van der Waals surface area (Å²) in [5.41, 5.74) is 1.45. The number of halogens is 1. The molecule has 0 atom stereocenters. The monoisotopic (exact) mass is 311 g/mol. The molecule has 0 radical (unpaired) electrons. The highest BCUT2D eigenvalue weighted by Crippen LogP contribution is 2.35. The van der Waals surface area contributed by atoms with Crippen LogP contribution in [-0.4, -0.2) is 46.5 Å². The molecule has 1 aromatic carbocycles. The molecular weight excluding hydrogens is 293 g/mol. The van der Waals surface area contributed by atoms with E-state index in [1.165, 1.54) is 0 Å². The van der Waals surface area contributed by atoms with E-state index in [4.69, 9.17) is 0 Å². The molecule has 0 aliphatic carbocycles. The Labute approximate surface area is 124 Å². The summed E-state index contributed by atoms with van der Waals surface area (Å²) in [4.78, 5) is 4.14. The Morgan fingerprint density at radius 1 is 1.19 bits per heavy atom. The van der Waals surface area contributed by atoms with Crippen LogP contribution < -0.4 is 10.2 Å². The number of fused-ring (bicyclic) bond motifs is 1. The first-order valence-corrected chi connectivity index (χ1v) is 8.39. The highest BCUT2D eigenvalue weighted by atomic mass is 32.2. The average molecular weight is 311 g/mol. The number of likely N-dealkylation sites (N-methyl/N-ethyl adjacent to an activating group) is 1. The second-order valence-electron chi connectivity index (χ2n) is 5.56. The highest BCUT2D eigenvalue weighted by Gasteiger charge is 2.26. The Balaban J connectivity index is 2.01. The Morgan fingerprint density at radius 3 is 2.52 bits per heavy atom. The lowest BCUT2D eigenvalue weighted by molar-refractivity contribution is 0.311. The molecule has 0 bridgehead atoms. The minimum absolute atomic E-state index is 0.00322. The molecule has 5 nitrogen and oxygen atoms in total. The van der Waals surface area contributed by atoms with Crippen molar-refractivity contribution in [2.24, 2.45) is 0 Å². The van der Waals surface area contributed by atoms with Crippen molar-refractivity contribution in [3.8, 4) is 0 Å². The fourth-order valence-corrected chi connectivity index (χ4v) is 4.04. The third-order valence-electron chi connectivity index (χ3n) is 3.86. The van der Waals surface area contributed by atoms with Crippen molar-refractivity contribution < 1.29 is 12.8 Å². The van der Waals surface area contributed by atoms with Crippen LogP contribution in [0.25, 0.3) is 0 Å². The molecule has 114 valence electrons. The van der Waals surface area contributed by atoms with Crippen molar-refractivity contribution in [1.82, 2.24) is 4.90 Å². The van der Waals surface area contributed by atoms with Crippen molar-refractivity contribution in [2.75, 3.05) is 43.4 Å². The number of hydrogen-bond acceptors (Lipinski definition) is 5. The normalized spacial score (nSPS) is 21.5. The zero-order chi connectivity index (χ0) is 15.2. The van der Waals surface area contributed by atoms with Gasteiger partial charge in [0.05, 0.1) is 21.7 Å². The van der Waals surface area contributed by atoms with E-state index in [1.807, 2.05) is 11.9 Å². The number of benzene rings is 1. The average Bonchev–Trinajstić information content (AvgIpc) is 2.39. The number of piperazine rings is 1. The molecule has 0 amide bonds. The van der Waals surface area contributed by atoms with Gasteiger partial charge in [-0.15, -0.1) is 0 Å². The zero-order valence-electron chi connectivity index (χ0n) is 12.1. The molecule has 0 aromatic heterocycles. The van der Waals surface area contributed by atoms with Crippen LogP contribution >= 0.6 is 0 Å². The van der Waals surface area contributed by atoms with Crippen LogP contribution in [0.5, 0.6) is 0 Å². The summed E-state index contributed by atoms with van der Waals surface area (Å²) < 4.78 is 38.5. The first-order valence-electron chi connectivity index (χ1n) is 6.84. The van der Waals surface area contributed by atoms with Crippen molar-refractivity contribution in [3.05, 3.63) is 29.1 Å². The van der Waals surface area contributed by atoms with Gasteiger partial charge in [0.1, 0.15) is 5.82 Å². The lowest BCUT2D eigenvalue weighted by atomic mass is 10.2. The van der Waals surface area contributed by atoms with Gasteiger partial charge in [0, 0.05) is 31.9 Å². The Hall–Kier alpha value is -1.60. The molecule has 7 heteroatoms. The summed E-state index contributed by atoms with van der Waals surface area (Å²) in [5.74, 6) is -0.489. The number of rotatable bonds is 1. The molecule has 2 heterocycles. The molecule has 1 fully saturated rings. The van der Waals surface area contributed by atoms with E-state index in [9.17, 15) is 12.8 Å². The van der Waals surface area contributed by atoms with Crippen molar-refractivity contribution >= 4 is 21.2 Å². The largest absolute Gasteiger partial charge is 0.367 e. The number of hydrogen-bond donors (Lipinski definition) is 1. The number of sulfone groups is 1. The number of allylic oxidation sites excluding steroid dienone is 1. The topological polar surface area (TPSA) is 52.7 Å². The zero-order valence-corrected chi connectivity index (χ0v) is 12.9. The minimum atomic E-state index is -3.56. The van der Waals surface area contributed by atoms with Crippen LogP contribution in [0.3, 0.4) is 0 Å². The Morgan fingerprint density at radius 2 is 1.86 bits per heavy atom. The minimum Gasteiger partial charge on any atom is -0.367 e. The summed E-state index contributed by atoms with van der Waals surface area (Å²) in [7, 11) is -1.53. The van der Waals surface area contributed by atoms with Gasteiger partial charge < -0.3 is 15.1 Å². The van der Waals surface area contributed by atoms with Gasteiger partial charge in [0.15, 0.2) is 0 Å². The Kier molecular flexibility index (Phi) is 3.41. The fraction of sp³-hybridized carbons (Fsp3) is 0.429. The second kappa shape index (κ2) is 4.99. The Bertz CT molecular complexity index is 707. The predicted octanol–water partition coefficient (Wildman–Crippen LogP) is 1.64. The number of anilines is 2. The molecule has 1 N–H and O–H groups in total. The third kappa shape index (κ3) is 2.63. The lowest BCUT2D eigenvalue weighted by Gasteiger charge is -2.34. The van der Waals surface area contributed by atoms with Gasteiger partial charge in [-0.1, -0.05) is 0 Å². The quantitative estimate of drug-likeness (QED) is 0.854. The summed E-state index contributed by atoms with van der Waals surface area (Å²) in [6.07, 6.45) is 0. The van der Waals surface area contributed by atoms with Crippen LogP contribution in [0.1, 0.15) is 6.92 Å². The fourth-order valence-electron chi connectivity index (χ4n) is 2.70. The lowest BCUT2D eigenvalue weighted by Crippen LogP contribution is -2.44. The standard InChI is InChI=1S/C14H18FN3O2S/c1-10-9-21(19,20)14-7-11(15)13(8-12(14)16-10)18-5-3-17(2)4-6-18/h7-9,16H,3-6H2,1-2H3. The SMILES string of the molecule is CC1=CS(=O)(=O)c2cc(F)c(N3CCN(C)CC3)cc2N1. The number of nitrogens with one attached hydrogen (secondary N) is 1. The summed E-state index contributed by atoms with van der Waals surface area (Å²) >= 11 is 0. The van der Waals surface area contributed by atoms with Crippen LogP contribution in [0.15, 0.2) is 28.1 Å². The molecule has 0 unspecified atom stereocenters. The highest BCUT2D eigenvalue weighted by molar-refractivity contribution is 7.94. The van der Waals surface area contributed by atoms with E-state index in [0.717, 1.165) is 37.7 Å². The molecule has 21 heavy (non-hydrogen) atoms. The van der Waals surface area contributed by atoms with E-state index < -0.39 is 15.7 Å². The van der Waals surface area contributed by atoms with E-state index in [0.29, 0.717) is 17.1 Å². The molecular formula is C14H18FN3O2S. The van der Waals surface area contributed by atoms with Gasteiger partial charge in [-0.25, -0.2) is 12.8 Å². The van der Waals surface area contributed by atoms with Gasteiger partial charge in [0.25, 0.3) is 0 Å². The van der Waals surface area contributed by atoms with E-state index in [1.54, 1.807) is 13.0 Å². The van der Waals surface area contributed by atoms with Gasteiger partial charge in [0.2, 0.25) is 9.84 Å².